The summed E-state index contributed by atoms with van der Waals surface area (Å²) in [6.07, 6.45) is 5.67. The molecule has 14 heavy (non-hydrogen) atoms. The highest BCUT2D eigenvalue weighted by molar-refractivity contribution is 4.86. The molecule has 0 spiro atoms. The summed E-state index contributed by atoms with van der Waals surface area (Å²) < 4.78 is 5.64. The molecule has 1 saturated heterocycles. The maximum absolute atomic E-state index is 5.64. The average Bonchev–Trinajstić information content (AvgIpc) is 2.29. The van der Waals surface area contributed by atoms with Crippen molar-refractivity contribution in [3.05, 3.63) is 12.4 Å². The average molecular weight is 197 g/mol. The lowest BCUT2D eigenvalue weighted by Gasteiger charge is -2.28. The Kier molecular flexibility index (Phi) is 3.65. The molecule has 4 heteroatoms. The Bertz CT molecular complexity index is 190. The summed E-state index contributed by atoms with van der Waals surface area (Å²) in [4.78, 5) is 2.34. The molecule has 80 valence electrons. The molecule has 0 bridgehead atoms. The highest BCUT2D eigenvalue weighted by Crippen LogP contribution is 2.04. The molecule has 0 saturated carbocycles. The quantitative estimate of drug-likeness (QED) is 0.653. The molecule has 1 atom stereocenters. The zero-order chi connectivity index (χ0) is 9.64. The van der Waals surface area contributed by atoms with Crippen LogP contribution in [0.25, 0.3) is 0 Å². The summed E-state index contributed by atoms with van der Waals surface area (Å²) in [6.45, 7) is 6.14. The highest BCUT2D eigenvalue weighted by Gasteiger charge is 2.14. The molecule has 0 amide bonds. The largest absolute Gasteiger partial charge is 0.388 e. The second-order valence-corrected chi connectivity index (χ2v) is 3.79. The Morgan fingerprint density at radius 3 is 3.14 bits per heavy atom. The molecule has 2 heterocycles. The third kappa shape index (κ3) is 2.89. The van der Waals surface area contributed by atoms with Crippen molar-refractivity contribution in [1.82, 2.24) is 15.5 Å². The third-order valence-corrected chi connectivity index (χ3v) is 2.69. The molecule has 0 aliphatic carbocycles. The molecule has 2 N–H and O–H groups in total. The first kappa shape index (κ1) is 9.80. The lowest BCUT2D eigenvalue weighted by atomic mass is 10.2. The van der Waals surface area contributed by atoms with E-state index in [-0.39, 0.29) is 0 Å². The van der Waals surface area contributed by atoms with E-state index in [4.69, 9.17) is 4.74 Å². The van der Waals surface area contributed by atoms with Gasteiger partial charge in [0.1, 0.15) is 0 Å². The van der Waals surface area contributed by atoms with Crippen LogP contribution < -0.4 is 10.6 Å². The number of rotatable bonds is 3. The van der Waals surface area contributed by atoms with Gasteiger partial charge < -0.3 is 20.3 Å². The molecular formula is C10H19N3O. The van der Waals surface area contributed by atoms with Crippen LogP contribution in [0, 0.1) is 0 Å². The van der Waals surface area contributed by atoms with Crippen molar-refractivity contribution >= 4 is 0 Å². The van der Waals surface area contributed by atoms with Crippen LogP contribution in [0.15, 0.2) is 12.4 Å². The number of morpholine rings is 1. The van der Waals surface area contributed by atoms with Crippen LogP contribution in [-0.2, 0) is 4.74 Å². The van der Waals surface area contributed by atoms with Gasteiger partial charge in [0, 0.05) is 45.1 Å². The van der Waals surface area contributed by atoms with Crippen molar-refractivity contribution in [2.45, 2.75) is 12.5 Å². The number of ether oxygens (including phenoxy) is 1. The number of hydrogen-bond donors (Lipinski definition) is 2. The predicted molar refractivity (Wildman–Crippen MR) is 55.9 cm³/mol. The minimum atomic E-state index is 0.409. The Labute approximate surface area is 85.3 Å². The lowest BCUT2D eigenvalue weighted by molar-refractivity contribution is 0.0196. The summed E-state index contributed by atoms with van der Waals surface area (Å²) in [5.41, 5.74) is 0. The predicted octanol–water partition coefficient (Wildman–Crippen LogP) is -0.259. The van der Waals surface area contributed by atoms with Crippen LogP contribution in [0.4, 0.5) is 0 Å². The SMILES string of the molecule is C1=CN(CCC2CNCCO2)CCN1. The van der Waals surface area contributed by atoms with Crippen molar-refractivity contribution in [1.29, 1.82) is 0 Å². The van der Waals surface area contributed by atoms with Gasteiger partial charge in [-0.15, -0.1) is 0 Å². The Morgan fingerprint density at radius 1 is 1.43 bits per heavy atom. The molecule has 4 nitrogen and oxygen atoms in total. The molecule has 0 aromatic heterocycles. The molecule has 0 radical (unpaired) electrons. The molecule has 2 rings (SSSR count). The van der Waals surface area contributed by atoms with Gasteiger partial charge in [-0.25, -0.2) is 0 Å². The fraction of sp³-hybridized carbons (Fsp3) is 0.800. The van der Waals surface area contributed by atoms with E-state index >= 15 is 0 Å². The van der Waals surface area contributed by atoms with E-state index < -0.39 is 0 Å². The minimum absolute atomic E-state index is 0.409. The Balaban J connectivity index is 1.65. The molecule has 0 aromatic carbocycles. The van der Waals surface area contributed by atoms with Gasteiger partial charge in [0.15, 0.2) is 0 Å². The van der Waals surface area contributed by atoms with Gasteiger partial charge >= 0.3 is 0 Å². The summed E-state index contributed by atoms with van der Waals surface area (Å²) in [5.74, 6) is 0. The fourth-order valence-corrected chi connectivity index (χ4v) is 1.83. The van der Waals surface area contributed by atoms with Crippen molar-refractivity contribution in [3.63, 3.8) is 0 Å². The van der Waals surface area contributed by atoms with Gasteiger partial charge in [-0.3, -0.25) is 0 Å². The van der Waals surface area contributed by atoms with Crippen LogP contribution >= 0.6 is 0 Å². The van der Waals surface area contributed by atoms with Gasteiger partial charge in [-0.2, -0.15) is 0 Å². The van der Waals surface area contributed by atoms with E-state index in [1.165, 1.54) is 0 Å². The molecule has 1 unspecified atom stereocenters. The van der Waals surface area contributed by atoms with Crippen LogP contribution in [0.1, 0.15) is 6.42 Å². The second-order valence-electron chi connectivity index (χ2n) is 3.79. The Morgan fingerprint density at radius 2 is 2.43 bits per heavy atom. The van der Waals surface area contributed by atoms with Gasteiger partial charge in [-0.1, -0.05) is 0 Å². The van der Waals surface area contributed by atoms with Crippen molar-refractivity contribution < 1.29 is 4.74 Å². The Hall–Kier alpha value is -0.740. The smallest absolute Gasteiger partial charge is 0.0716 e. The summed E-state index contributed by atoms with van der Waals surface area (Å²) in [5, 5.41) is 6.54. The van der Waals surface area contributed by atoms with E-state index in [2.05, 4.69) is 21.7 Å². The van der Waals surface area contributed by atoms with E-state index in [1.54, 1.807) is 0 Å². The van der Waals surface area contributed by atoms with E-state index in [9.17, 15) is 0 Å². The van der Waals surface area contributed by atoms with Gasteiger partial charge in [0.05, 0.1) is 12.7 Å². The molecule has 1 fully saturated rings. The standard InChI is InChI=1S/C10H19N3O/c1(10-9-12-4-8-14-10)5-13-6-2-11-3-7-13/h2,6,10-12H,1,3-5,7-9H2. The van der Waals surface area contributed by atoms with Crippen molar-refractivity contribution in [3.8, 4) is 0 Å². The second kappa shape index (κ2) is 5.22. The molecular weight excluding hydrogens is 178 g/mol. The van der Waals surface area contributed by atoms with E-state index in [1.807, 2.05) is 6.20 Å². The fourth-order valence-electron chi connectivity index (χ4n) is 1.83. The summed E-state index contributed by atoms with van der Waals surface area (Å²) in [7, 11) is 0. The normalized spacial score (nSPS) is 27.4. The zero-order valence-electron chi connectivity index (χ0n) is 8.54. The monoisotopic (exact) mass is 197 g/mol. The van der Waals surface area contributed by atoms with Gasteiger partial charge in [0.2, 0.25) is 0 Å². The first-order valence-corrected chi connectivity index (χ1v) is 5.41. The zero-order valence-corrected chi connectivity index (χ0v) is 8.54. The van der Waals surface area contributed by atoms with Crippen LogP contribution in [0.2, 0.25) is 0 Å². The number of hydrogen-bond acceptors (Lipinski definition) is 4. The number of nitrogens with zero attached hydrogens (tertiary/aromatic N) is 1. The minimum Gasteiger partial charge on any atom is -0.388 e. The van der Waals surface area contributed by atoms with Crippen molar-refractivity contribution in [2.75, 3.05) is 39.3 Å². The third-order valence-electron chi connectivity index (χ3n) is 2.69. The first-order chi connectivity index (χ1) is 6.95. The van der Waals surface area contributed by atoms with Gasteiger partial charge in [0.25, 0.3) is 0 Å². The maximum atomic E-state index is 5.64. The molecule has 2 aliphatic rings. The van der Waals surface area contributed by atoms with Crippen LogP contribution in [0.5, 0.6) is 0 Å². The maximum Gasteiger partial charge on any atom is 0.0716 e. The summed E-state index contributed by atoms with van der Waals surface area (Å²) >= 11 is 0. The summed E-state index contributed by atoms with van der Waals surface area (Å²) in [6, 6.07) is 0. The van der Waals surface area contributed by atoms with E-state index in [0.717, 1.165) is 45.8 Å². The molecule has 0 aromatic rings. The highest BCUT2D eigenvalue weighted by atomic mass is 16.5. The number of nitrogens with one attached hydrogen (secondary N) is 2. The molecule has 2 aliphatic heterocycles. The lowest BCUT2D eigenvalue weighted by Crippen LogP contribution is -2.41. The first-order valence-electron chi connectivity index (χ1n) is 5.41. The van der Waals surface area contributed by atoms with Crippen LogP contribution in [0.3, 0.4) is 0 Å². The topological polar surface area (TPSA) is 36.5 Å². The van der Waals surface area contributed by atoms with E-state index in [0.29, 0.717) is 6.10 Å². The van der Waals surface area contributed by atoms with Gasteiger partial charge in [-0.05, 0) is 6.42 Å². The van der Waals surface area contributed by atoms with Crippen LogP contribution in [-0.4, -0.2) is 50.3 Å². The van der Waals surface area contributed by atoms with Crippen molar-refractivity contribution in [2.24, 2.45) is 0 Å².